The van der Waals surface area contributed by atoms with Crippen molar-refractivity contribution in [2.75, 3.05) is 16.8 Å². The van der Waals surface area contributed by atoms with Crippen molar-refractivity contribution in [2.45, 2.75) is 70.6 Å². The number of carbonyl (C=O) groups is 1. The Morgan fingerprint density at radius 1 is 1.05 bits per heavy atom. The zero-order chi connectivity index (χ0) is 26.9. The summed E-state index contributed by atoms with van der Waals surface area (Å²) in [5.74, 6) is 1.00. The number of rotatable bonds is 6. The molecule has 0 radical (unpaired) electrons. The topological polar surface area (TPSA) is 110 Å². The summed E-state index contributed by atoms with van der Waals surface area (Å²) in [5.41, 5.74) is 3.94. The number of nitrogens with zero attached hydrogens (tertiary/aromatic N) is 2. The standard InChI is InChI=1S/C29H33N3O5S/c1-19(2)36-29(33)31-21-9-7-20(8-10-21)28-26(18-30)25-12-11-24(37-23-13-15-38(34,35)16-14-23)17-27(25)32(28)22-5-3-4-6-22/h7-12,17,19,22-23H,3-6,13-16H2,1-2H3,(H,31,33). The number of benzene rings is 2. The summed E-state index contributed by atoms with van der Waals surface area (Å²) in [6.45, 7) is 3.59. The van der Waals surface area contributed by atoms with Crippen LogP contribution in [-0.4, -0.2) is 42.8 Å². The largest absolute Gasteiger partial charge is 0.490 e. The van der Waals surface area contributed by atoms with Gasteiger partial charge in [0.15, 0.2) is 9.84 Å². The number of fused-ring (bicyclic) bond motifs is 1. The lowest BCUT2D eigenvalue weighted by Crippen LogP contribution is -2.30. The number of hydrogen-bond donors (Lipinski definition) is 1. The summed E-state index contributed by atoms with van der Waals surface area (Å²) in [4.78, 5) is 12.0. The van der Waals surface area contributed by atoms with E-state index in [1.165, 1.54) is 0 Å². The van der Waals surface area contributed by atoms with Crippen molar-refractivity contribution in [3.05, 3.63) is 48.0 Å². The van der Waals surface area contributed by atoms with Crippen molar-refractivity contribution >= 4 is 32.5 Å². The highest BCUT2D eigenvalue weighted by molar-refractivity contribution is 7.91. The lowest BCUT2D eigenvalue weighted by Gasteiger charge is -2.23. The van der Waals surface area contributed by atoms with Gasteiger partial charge in [-0.05, 0) is 69.4 Å². The van der Waals surface area contributed by atoms with Crippen LogP contribution in [-0.2, 0) is 14.6 Å². The fourth-order valence-corrected chi connectivity index (χ4v) is 7.00. The fourth-order valence-electron chi connectivity index (χ4n) is 5.55. The molecule has 1 N–H and O–H groups in total. The van der Waals surface area contributed by atoms with E-state index in [0.717, 1.165) is 47.8 Å². The zero-order valence-electron chi connectivity index (χ0n) is 21.8. The molecule has 2 fully saturated rings. The summed E-state index contributed by atoms with van der Waals surface area (Å²) in [6, 6.07) is 16.0. The molecule has 1 amide bonds. The summed E-state index contributed by atoms with van der Waals surface area (Å²) in [6.07, 6.45) is 4.47. The van der Waals surface area contributed by atoms with Gasteiger partial charge in [0.25, 0.3) is 0 Å². The van der Waals surface area contributed by atoms with E-state index in [1.54, 1.807) is 13.8 Å². The first-order valence-corrected chi connectivity index (χ1v) is 15.1. The van der Waals surface area contributed by atoms with Gasteiger partial charge in [-0.15, -0.1) is 0 Å². The van der Waals surface area contributed by atoms with E-state index in [4.69, 9.17) is 9.47 Å². The Morgan fingerprint density at radius 2 is 1.74 bits per heavy atom. The third kappa shape index (κ3) is 5.51. The number of amides is 1. The van der Waals surface area contributed by atoms with E-state index in [1.807, 2.05) is 42.5 Å². The van der Waals surface area contributed by atoms with Crippen molar-refractivity contribution in [1.29, 1.82) is 5.26 Å². The molecular formula is C29H33N3O5S. The Bertz CT molecular complexity index is 1470. The van der Waals surface area contributed by atoms with Crippen LogP contribution in [0.25, 0.3) is 22.2 Å². The summed E-state index contributed by atoms with van der Waals surface area (Å²) < 4.78 is 37.3. The predicted molar refractivity (Wildman–Crippen MR) is 147 cm³/mol. The van der Waals surface area contributed by atoms with Gasteiger partial charge in [0.2, 0.25) is 0 Å². The predicted octanol–water partition coefficient (Wildman–Crippen LogP) is 6.21. The van der Waals surface area contributed by atoms with Gasteiger partial charge in [-0.25, -0.2) is 13.2 Å². The Labute approximate surface area is 223 Å². The molecule has 8 nitrogen and oxygen atoms in total. The van der Waals surface area contributed by atoms with Gasteiger partial charge in [0, 0.05) is 23.2 Å². The smallest absolute Gasteiger partial charge is 0.411 e. The molecule has 2 aliphatic rings. The second-order valence-electron chi connectivity index (χ2n) is 10.4. The van der Waals surface area contributed by atoms with E-state index < -0.39 is 15.9 Å². The van der Waals surface area contributed by atoms with Crippen LogP contribution in [0.5, 0.6) is 5.75 Å². The minimum Gasteiger partial charge on any atom is -0.490 e. The number of anilines is 1. The van der Waals surface area contributed by atoms with Crippen LogP contribution in [0.4, 0.5) is 10.5 Å². The summed E-state index contributed by atoms with van der Waals surface area (Å²) in [5, 5.41) is 13.9. The van der Waals surface area contributed by atoms with Gasteiger partial charge < -0.3 is 14.0 Å². The van der Waals surface area contributed by atoms with Crippen LogP contribution in [0.1, 0.15) is 64.0 Å². The summed E-state index contributed by atoms with van der Waals surface area (Å²) >= 11 is 0. The molecule has 0 bridgehead atoms. The van der Waals surface area contributed by atoms with Gasteiger partial charge in [-0.1, -0.05) is 25.0 Å². The molecule has 38 heavy (non-hydrogen) atoms. The van der Waals surface area contributed by atoms with Crippen LogP contribution < -0.4 is 10.1 Å². The molecule has 0 atom stereocenters. The third-order valence-electron chi connectivity index (χ3n) is 7.33. The van der Waals surface area contributed by atoms with Gasteiger partial charge >= 0.3 is 6.09 Å². The Kier molecular flexibility index (Phi) is 7.35. The van der Waals surface area contributed by atoms with Gasteiger partial charge in [0.05, 0.1) is 34.4 Å². The maximum atomic E-state index is 12.0. The number of carbonyl (C=O) groups excluding carboxylic acids is 1. The van der Waals surface area contributed by atoms with Crippen molar-refractivity contribution in [1.82, 2.24) is 4.57 Å². The molecule has 2 heterocycles. The number of hydrogen-bond acceptors (Lipinski definition) is 6. The Hall–Kier alpha value is -3.51. The number of aromatic nitrogens is 1. The normalized spacial score (nSPS) is 17.9. The highest BCUT2D eigenvalue weighted by Crippen LogP contribution is 2.42. The molecule has 200 valence electrons. The molecule has 9 heteroatoms. The Morgan fingerprint density at radius 3 is 2.37 bits per heavy atom. The maximum Gasteiger partial charge on any atom is 0.411 e. The average molecular weight is 536 g/mol. The van der Waals surface area contributed by atoms with Crippen LogP contribution in [0, 0.1) is 11.3 Å². The number of nitrogens with one attached hydrogen (secondary N) is 1. The minimum atomic E-state index is -2.96. The quantitative estimate of drug-likeness (QED) is 0.402. The van der Waals surface area contributed by atoms with E-state index in [-0.39, 0.29) is 29.8 Å². The van der Waals surface area contributed by atoms with Gasteiger partial charge in [-0.3, -0.25) is 5.32 Å². The second kappa shape index (κ2) is 10.7. The summed E-state index contributed by atoms with van der Waals surface area (Å²) in [7, 11) is -2.96. The molecule has 0 unspecified atom stereocenters. The lowest BCUT2D eigenvalue weighted by atomic mass is 10.1. The molecule has 1 aromatic heterocycles. The number of sulfone groups is 1. The van der Waals surface area contributed by atoms with E-state index in [2.05, 4.69) is 16.0 Å². The van der Waals surface area contributed by atoms with Crippen molar-refractivity contribution < 1.29 is 22.7 Å². The molecule has 5 rings (SSSR count). The van der Waals surface area contributed by atoms with Crippen LogP contribution in [0.3, 0.4) is 0 Å². The third-order valence-corrected chi connectivity index (χ3v) is 9.04. The lowest BCUT2D eigenvalue weighted by molar-refractivity contribution is 0.130. The zero-order valence-corrected chi connectivity index (χ0v) is 22.6. The number of nitriles is 1. The highest BCUT2D eigenvalue weighted by Gasteiger charge is 2.28. The van der Waals surface area contributed by atoms with E-state index >= 15 is 0 Å². The first-order chi connectivity index (χ1) is 18.2. The van der Waals surface area contributed by atoms with Crippen LogP contribution in [0.15, 0.2) is 42.5 Å². The van der Waals surface area contributed by atoms with Crippen LogP contribution in [0.2, 0.25) is 0 Å². The molecule has 1 aliphatic heterocycles. The van der Waals surface area contributed by atoms with Crippen molar-refractivity contribution in [2.24, 2.45) is 0 Å². The molecule has 1 aliphatic carbocycles. The SMILES string of the molecule is CC(C)OC(=O)Nc1ccc(-c2c(C#N)c3ccc(OC4CCS(=O)(=O)CC4)cc3n2C2CCCC2)cc1. The monoisotopic (exact) mass is 535 g/mol. The van der Waals surface area contributed by atoms with E-state index in [9.17, 15) is 18.5 Å². The van der Waals surface area contributed by atoms with Gasteiger partial charge in [0.1, 0.15) is 17.9 Å². The first-order valence-electron chi connectivity index (χ1n) is 13.3. The fraction of sp³-hybridized carbons (Fsp3) is 0.448. The molecule has 1 saturated heterocycles. The molecule has 2 aromatic carbocycles. The van der Waals surface area contributed by atoms with Gasteiger partial charge in [-0.2, -0.15) is 5.26 Å². The second-order valence-corrected chi connectivity index (χ2v) is 12.8. The first kappa shape index (κ1) is 26.1. The molecule has 1 saturated carbocycles. The molecule has 3 aromatic rings. The van der Waals surface area contributed by atoms with Crippen LogP contribution >= 0.6 is 0 Å². The maximum absolute atomic E-state index is 12.0. The van der Waals surface area contributed by atoms with Crippen molar-refractivity contribution in [3.8, 4) is 23.1 Å². The average Bonchev–Trinajstić information content (AvgIpc) is 3.51. The number of ether oxygens (including phenoxy) is 2. The van der Waals surface area contributed by atoms with E-state index in [0.29, 0.717) is 29.8 Å². The molecule has 0 spiro atoms. The van der Waals surface area contributed by atoms with Crippen molar-refractivity contribution in [3.63, 3.8) is 0 Å². The minimum absolute atomic E-state index is 0.136. The highest BCUT2D eigenvalue weighted by atomic mass is 32.2. The Balaban J connectivity index is 1.51. The molecular weight excluding hydrogens is 502 g/mol.